The number of nitrogens with one attached hydrogen (secondary N) is 1. The van der Waals surface area contributed by atoms with Gasteiger partial charge in [0.25, 0.3) is 17.7 Å². The molecule has 9 rings (SSSR count). The van der Waals surface area contributed by atoms with Gasteiger partial charge >= 0.3 is 0 Å². The zero-order chi connectivity index (χ0) is 40.1. The number of hydrogen-bond acceptors (Lipinski definition) is 9. The van der Waals surface area contributed by atoms with E-state index in [0.29, 0.717) is 27.8 Å². The van der Waals surface area contributed by atoms with E-state index in [1.165, 1.54) is 0 Å². The van der Waals surface area contributed by atoms with Gasteiger partial charge in [-0.05, 0) is 86.6 Å². The Hall–Kier alpha value is -5.45. The van der Waals surface area contributed by atoms with Crippen molar-refractivity contribution < 1.29 is 24.0 Å². The highest BCUT2D eigenvalue weighted by molar-refractivity contribution is 6.33. The standard InChI is InChI=1S/C44H47ClN8O5/c1-46-35-10-9-32(25-34(35)45)51-19-15-44(27-51)16-20-52(28-44)41(56)30-5-7-31(8-6-30)49-23-21-48(22-24-49)26-29-13-17-50(18-14-29)36-4-2-3-33-39(36)43(58)53(42(33)57)37-11-12-38(54)47-40(37)55/h2-10,25,29,37H,11-24,26-28H2,(H,47,54,55). The molecule has 6 aliphatic heterocycles. The van der Waals surface area contributed by atoms with E-state index < -0.39 is 23.8 Å². The van der Waals surface area contributed by atoms with E-state index in [0.717, 1.165) is 125 Å². The van der Waals surface area contributed by atoms with Crippen molar-refractivity contribution in [2.75, 3.05) is 86.7 Å². The van der Waals surface area contributed by atoms with Gasteiger partial charge in [0.2, 0.25) is 17.5 Å². The van der Waals surface area contributed by atoms with Gasteiger partial charge < -0.3 is 19.6 Å². The van der Waals surface area contributed by atoms with Crippen LogP contribution in [0.15, 0.2) is 60.7 Å². The van der Waals surface area contributed by atoms with Crippen LogP contribution < -0.4 is 20.0 Å². The van der Waals surface area contributed by atoms with Crippen LogP contribution in [0.5, 0.6) is 0 Å². The van der Waals surface area contributed by atoms with E-state index in [-0.39, 0.29) is 30.1 Å². The van der Waals surface area contributed by atoms with Gasteiger partial charge in [0.1, 0.15) is 6.04 Å². The number of hydrogen-bond donors (Lipinski definition) is 1. The molecule has 6 aliphatic rings. The minimum Gasteiger partial charge on any atom is -0.371 e. The molecule has 1 spiro atoms. The average Bonchev–Trinajstić information content (AvgIpc) is 3.94. The number of fused-ring (bicyclic) bond motifs is 1. The molecule has 1 N–H and O–H groups in total. The number of halogens is 1. The van der Waals surface area contributed by atoms with Crippen molar-refractivity contribution in [3.63, 3.8) is 0 Å². The molecule has 0 aromatic heterocycles. The number of likely N-dealkylation sites (tertiary alicyclic amines) is 1. The molecule has 14 heteroatoms. The maximum atomic E-state index is 13.6. The van der Waals surface area contributed by atoms with Crippen molar-refractivity contribution in [1.82, 2.24) is 20.0 Å². The third-order valence-electron chi connectivity index (χ3n) is 13.4. The number of carbonyl (C=O) groups excluding carboxylic acids is 5. The zero-order valence-electron chi connectivity index (χ0n) is 32.5. The second-order valence-corrected chi connectivity index (χ2v) is 17.2. The van der Waals surface area contributed by atoms with Gasteiger partial charge in [-0.25, -0.2) is 4.85 Å². The number of anilines is 3. The lowest BCUT2D eigenvalue weighted by molar-refractivity contribution is -0.136. The molecule has 13 nitrogen and oxygen atoms in total. The van der Waals surface area contributed by atoms with Crippen LogP contribution in [0.3, 0.4) is 0 Å². The number of rotatable bonds is 7. The SMILES string of the molecule is [C-]#[N+]c1ccc(N2CCC3(CCN(C(=O)c4ccc(N5CCN(CC6CCN(c7cccc8c7C(=O)N(C7CCC(=O)NC7=O)C8=O)CC6)CC5)cc4)C3)C2)cc1Cl. The molecule has 5 saturated heterocycles. The predicted molar refractivity (Wildman–Crippen MR) is 221 cm³/mol. The fraction of sp³-hybridized carbons (Fsp3) is 0.455. The van der Waals surface area contributed by atoms with Crippen molar-refractivity contribution in [2.24, 2.45) is 11.3 Å². The maximum Gasteiger partial charge on any atom is 0.264 e. The average molecular weight is 803 g/mol. The van der Waals surface area contributed by atoms with Crippen LogP contribution in [0.25, 0.3) is 4.85 Å². The van der Waals surface area contributed by atoms with Gasteiger partial charge in [-0.2, -0.15) is 0 Å². The molecule has 6 heterocycles. The predicted octanol–water partition coefficient (Wildman–Crippen LogP) is 5.07. The van der Waals surface area contributed by atoms with Gasteiger partial charge in [0.05, 0.1) is 23.4 Å². The summed E-state index contributed by atoms with van der Waals surface area (Å²) in [4.78, 5) is 80.9. The van der Waals surface area contributed by atoms with Crippen molar-refractivity contribution in [2.45, 2.75) is 44.6 Å². The van der Waals surface area contributed by atoms with Crippen molar-refractivity contribution >= 4 is 63.9 Å². The van der Waals surface area contributed by atoms with Crippen LogP contribution in [0.4, 0.5) is 22.7 Å². The van der Waals surface area contributed by atoms with Crippen molar-refractivity contribution in [3.8, 4) is 0 Å². The first kappa shape index (κ1) is 38.1. The summed E-state index contributed by atoms with van der Waals surface area (Å²) in [5.41, 5.74) is 4.85. The third-order valence-corrected chi connectivity index (χ3v) is 13.7. The van der Waals surface area contributed by atoms with Crippen molar-refractivity contribution in [3.05, 3.63) is 93.8 Å². The first-order valence-electron chi connectivity index (χ1n) is 20.5. The normalized spacial score (nSPS) is 24.2. The molecule has 0 aliphatic carbocycles. The van der Waals surface area contributed by atoms with Gasteiger partial charge in [-0.3, -0.25) is 39.1 Å². The highest BCUT2D eigenvalue weighted by atomic mass is 35.5. The van der Waals surface area contributed by atoms with Crippen LogP contribution >= 0.6 is 11.6 Å². The second-order valence-electron chi connectivity index (χ2n) is 16.8. The first-order chi connectivity index (χ1) is 28.1. The summed E-state index contributed by atoms with van der Waals surface area (Å²) in [6.45, 7) is 16.9. The molecular weight excluding hydrogens is 756 g/mol. The number of carbonyl (C=O) groups is 5. The Morgan fingerprint density at radius 2 is 1.53 bits per heavy atom. The smallest absolute Gasteiger partial charge is 0.264 e. The maximum absolute atomic E-state index is 13.6. The van der Waals surface area contributed by atoms with E-state index in [1.54, 1.807) is 18.2 Å². The molecule has 5 amide bonds. The minimum atomic E-state index is -0.976. The van der Waals surface area contributed by atoms with Gasteiger partial charge in [0.15, 0.2) is 0 Å². The molecule has 3 aromatic carbocycles. The number of piperidine rings is 2. The summed E-state index contributed by atoms with van der Waals surface area (Å²) in [7, 11) is 0. The Labute approximate surface area is 343 Å². The number of nitrogens with zero attached hydrogens (tertiary/aromatic N) is 7. The highest BCUT2D eigenvalue weighted by Gasteiger charge is 2.47. The van der Waals surface area contributed by atoms with Gasteiger partial charge in [-0.15, -0.1) is 0 Å². The monoisotopic (exact) mass is 802 g/mol. The summed E-state index contributed by atoms with van der Waals surface area (Å²) in [6.07, 6.45) is 4.19. The number of piperazine rings is 1. The molecule has 58 heavy (non-hydrogen) atoms. The number of amides is 5. The number of imide groups is 2. The Kier molecular flexibility index (Phi) is 10.1. The van der Waals surface area contributed by atoms with E-state index >= 15 is 0 Å². The Bertz CT molecular complexity index is 2210. The molecule has 0 radical (unpaired) electrons. The molecule has 0 saturated carbocycles. The molecular formula is C44H47ClN8O5. The molecule has 2 unspecified atom stereocenters. The molecule has 2 atom stereocenters. The van der Waals surface area contributed by atoms with E-state index in [2.05, 4.69) is 41.9 Å². The van der Waals surface area contributed by atoms with E-state index in [4.69, 9.17) is 18.2 Å². The van der Waals surface area contributed by atoms with E-state index in [1.807, 2.05) is 35.2 Å². The lowest BCUT2D eigenvalue weighted by Gasteiger charge is -2.40. The molecule has 300 valence electrons. The van der Waals surface area contributed by atoms with E-state index in [9.17, 15) is 24.0 Å². The summed E-state index contributed by atoms with van der Waals surface area (Å²) in [5, 5.41) is 2.75. The quantitative estimate of drug-likeness (QED) is 0.258. The van der Waals surface area contributed by atoms with Gasteiger partial charge in [-0.1, -0.05) is 23.7 Å². The zero-order valence-corrected chi connectivity index (χ0v) is 33.3. The fourth-order valence-electron chi connectivity index (χ4n) is 10.0. The Balaban J connectivity index is 0.738. The minimum absolute atomic E-state index is 0.0741. The fourth-order valence-corrected chi connectivity index (χ4v) is 10.3. The van der Waals surface area contributed by atoms with Crippen LogP contribution in [-0.2, 0) is 9.59 Å². The Morgan fingerprint density at radius 1 is 0.793 bits per heavy atom. The molecule has 0 bridgehead atoms. The summed E-state index contributed by atoms with van der Waals surface area (Å²) in [5.74, 6) is -1.31. The van der Waals surface area contributed by atoms with Crippen LogP contribution in [0, 0.1) is 17.9 Å². The van der Waals surface area contributed by atoms with Gasteiger partial charge in [0, 0.05) is 106 Å². The second kappa shape index (κ2) is 15.4. The summed E-state index contributed by atoms with van der Waals surface area (Å²) < 4.78 is 0. The lowest BCUT2D eigenvalue weighted by Crippen LogP contribution is -2.54. The van der Waals surface area contributed by atoms with Crippen LogP contribution in [-0.4, -0.2) is 122 Å². The first-order valence-corrected chi connectivity index (χ1v) is 20.9. The van der Waals surface area contributed by atoms with Crippen molar-refractivity contribution in [1.29, 1.82) is 0 Å². The Morgan fingerprint density at radius 3 is 2.26 bits per heavy atom. The third kappa shape index (κ3) is 7.06. The molecule has 5 fully saturated rings. The number of benzene rings is 3. The summed E-state index contributed by atoms with van der Waals surface area (Å²) in [6, 6.07) is 18.1. The topological polar surface area (TPSA) is 121 Å². The van der Waals surface area contributed by atoms with Crippen LogP contribution in [0.2, 0.25) is 5.02 Å². The largest absolute Gasteiger partial charge is 0.371 e. The highest BCUT2D eigenvalue weighted by Crippen LogP contribution is 2.43. The molecule has 3 aromatic rings. The van der Waals surface area contributed by atoms with Crippen LogP contribution in [0.1, 0.15) is 69.6 Å². The summed E-state index contributed by atoms with van der Waals surface area (Å²) >= 11 is 6.33. The lowest BCUT2D eigenvalue weighted by atomic mass is 9.86.